The van der Waals surface area contributed by atoms with Gasteiger partial charge in [0.1, 0.15) is 5.76 Å². The molecule has 0 aliphatic carbocycles. The van der Waals surface area contributed by atoms with Crippen molar-refractivity contribution < 1.29 is 9.21 Å². The number of rotatable bonds is 3. The molecule has 4 nitrogen and oxygen atoms in total. The second kappa shape index (κ2) is 4.28. The number of amides is 1. The molecule has 0 bridgehead atoms. The van der Waals surface area contributed by atoms with Gasteiger partial charge in [0.2, 0.25) is 5.91 Å². The minimum Gasteiger partial charge on any atom is -0.469 e. The van der Waals surface area contributed by atoms with Gasteiger partial charge in [0.05, 0.1) is 12.3 Å². The summed E-state index contributed by atoms with van der Waals surface area (Å²) in [5, 5.41) is 0. The second-order valence-corrected chi connectivity index (χ2v) is 3.49. The summed E-state index contributed by atoms with van der Waals surface area (Å²) < 4.78 is 5.14. The molecule has 0 aliphatic heterocycles. The number of furan rings is 1. The maximum Gasteiger partial charge on any atom is 0.239 e. The van der Waals surface area contributed by atoms with Crippen LogP contribution in [0.15, 0.2) is 16.7 Å². The van der Waals surface area contributed by atoms with Gasteiger partial charge in [-0.05, 0) is 19.9 Å². The first kappa shape index (κ1) is 10.8. The molecule has 1 atom stereocenters. The Kier molecular flexibility index (Phi) is 3.30. The summed E-state index contributed by atoms with van der Waals surface area (Å²) in [7, 11) is 1.73. The van der Waals surface area contributed by atoms with Gasteiger partial charge in [-0.25, -0.2) is 0 Å². The standard InChI is InChI=1S/C10H16N2O2/c1-7(11)10(13)12(3)6-9-4-5-14-8(9)2/h4-5,7H,6,11H2,1-3H3/t7-/m1/s1. The number of hydrogen-bond acceptors (Lipinski definition) is 3. The van der Waals surface area contributed by atoms with Gasteiger partial charge in [-0.3, -0.25) is 4.79 Å². The Morgan fingerprint density at radius 1 is 1.71 bits per heavy atom. The average Bonchev–Trinajstić information content (AvgIpc) is 2.50. The van der Waals surface area contributed by atoms with Gasteiger partial charge in [-0.1, -0.05) is 0 Å². The van der Waals surface area contributed by atoms with Crippen LogP contribution in [0.5, 0.6) is 0 Å². The van der Waals surface area contributed by atoms with E-state index in [9.17, 15) is 4.79 Å². The number of carbonyl (C=O) groups is 1. The molecule has 4 heteroatoms. The number of hydrogen-bond donors (Lipinski definition) is 1. The van der Waals surface area contributed by atoms with Crippen molar-refractivity contribution >= 4 is 5.91 Å². The zero-order valence-electron chi connectivity index (χ0n) is 8.78. The molecule has 0 saturated carbocycles. The number of carbonyl (C=O) groups excluding carboxylic acids is 1. The van der Waals surface area contributed by atoms with E-state index in [1.807, 2.05) is 13.0 Å². The second-order valence-electron chi connectivity index (χ2n) is 3.49. The Balaban J connectivity index is 2.62. The van der Waals surface area contributed by atoms with E-state index in [2.05, 4.69) is 0 Å². The van der Waals surface area contributed by atoms with Crippen LogP contribution in [0.4, 0.5) is 0 Å². The summed E-state index contributed by atoms with van der Waals surface area (Å²) in [5.74, 6) is 0.778. The van der Waals surface area contributed by atoms with Crippen LogP contribution in [-0.2, 0) is 11.3 Å². The highest BCUT2D eigenvalue weighted by molar-refractivity contribution is 5.80. The molecule has 78 valence electrons. The van der Waals surface area contributed by atoms with E-state index in [-0.39, 0.29) is 5.91 Å². The Bertz CT molecular complexity index is 318. The predicted molar refractivity (Wildman–Crippen MR) is 53.6 cm³/mol. The van der Waals surface area contributed by atoms with Crippen LogP contribution in [0.1, 0.15) is 18.2 Å². The first-order valence-corrected chi connectivity index (χ1v) is 4.56. The van der Waals surface area contributed by atoms with Crippen molar-refractivity contribution in [2.24, 2.45) is 5.73 Å². The monoisotopic (exact) mass is 196 g/mol. The Morgan fingerprint density at radius 2 is 2.36 bits per heavy atom. The lowest BCUT2D eigenvalue weighted by atomic mass is 10.2. The highest BCUT2D eigenvalue weighted by atomic mass is 16.3. The lowest BCUT2D eigenvalue weighted by molar-refractivity contribution is -0.131. The van der Waals surface area contributed by atoms with Crippen LogP contribution >= 0.6 is 0 Å². The zero-order chi connectivity index (χ0) is 10.7. The minimum absolute atomic E-state index is 0.0643. The molecule has 0 aliphatic rings. The number of nitrogens with two attached hydrogens (primary N) is 1. The molecule has 1 amide bonds. The minimum atomic E-state index is -0.452. The van der Waals surface area contributed by atoms with Crippen molar-refractivity contribution in [1.82, 2.24) is 4.90 Å². The van der Waals surface area contributed by atoms with Gasteiger partial charge in [-0.2, -0.15) is 0 Å². The molecule has 14 heavy (non-hydrogen) atoms. The maximum absolute atomic E-state index is 11.5. The number of aryl methyl sites for hydroxylation is 1. The molecule has 0 radical (unpaired) electrons. The van der Waals surface area contributed by atoms with Gasteiger partial charge in [0.15, 0.2) is 0 Å². The largest absolute Gasteiger partial charge is 0.469 e. The summed E-state index contributed by atoms with van der Waals surface area (Å²) in [6.45, 7) is 4.10. The molecule has 1 aromatic rings. The molecule has 0 aromatic carbocycles. The van der Waals surface area contributed by atoms with E-state index in [0.717, 1.165) is 11.3 Å². The fraction of sp³-hybridized carbons (Fsp3) is 0.500. The van der Waals surface area contributed by atoms with E-state index in [1.54, 1.807) is 25.1 Å². The van der Waals surface area contributed by atoms with Gasteiger partial charge >= 0.3 is 0 Å². The lowest BCUT2D eigenvalue weighted by Gasteiger charge is -2.18. The number of nitrogens with zero attached hydrogens (tertiary/aromatic N) is 1. The molecule has 1 aromatic heterocycles. The van der Waals surface area contributed by atoms with Crippen LogP contribution < -0.4 is 5.73 Å². The van der Waals surface area contributed by atoms with Gasteiger partial charge in [0.25, 0.3) is 0 Å². The fourth-order valence-electron chi connectivity index (χ4n) is 1.26. The third-order valence-electron chi connectivity index (χ3n) is 2.14. The zero-order valence-corrected chi connectivity index (χ0v) is 8.78. The van der Waals surface area contributed by atoms with E-state index in [0.29, 0.717) is 6.54 Å². The van der Waals surface area contributed by atoms with Gasteiger partial charge in [0, 0.05) is 19.2 Å². The first-order valence-electron chi connectivity index (χ1n) is 4.56. The van der Waals surface area contributed by atoms with Crippen LogP contribution in [0.3, 0.4) is 0 Å². The summed E-state index contributed by atoms with van der Waals surface area (Å²) in [4.78, 5) is 13.1. The third-order valence-corrected chi connectivity index (χ3v) is 2.14. The molecule has 1 rings (SSSR count). The highest BCUT2D eigenvalue weighted by Crippen LogP contribution is 2.11. The fourth-order valence-corrected chi connectivity index (χ4v) is 1.26. The molecule has 0 fully saturated rings. The summed E-state index contributed by atoms with van der Waals surface area (Å²) in [6.07, 6.45) is 1.62. The maximum atomic E-state index is 11.5. The van der Waals surface area contributed by atoms with Crippen molar-refractivity contribution in [3.63, 3.8) is 0 Å². The van der Waals surface area contributed by atoms with E-state index < -0.39 is 6.04 Å². The summed E-state index contributed by atoms with van der Waals surface area (Å²) in [6, 6.07) is 1.41. The SMILES string of the molecule is Cc1occc1CN(C)C(=O)[C@@H](C)N. The third kappa shape index (κ3) is 2.35. The van der Waals surface area contributed by atoms with Gasteiger partial charge < -0.3 is 15.1 Å². The van der Waals surface area contributed by atoms with E-state index >= 15 is 0 Å². The molecule has 0 unspecified atom stereocenters. The van der Waals surface area contributed by atoms with E-state index in [1.165, 1.54) is 0 Å². The summed E-state index contributed by atoms with van der Waals surface area (Å²) in [5.41, 5.74) is 6.50. The average molecular weight is 196 g/mol. The van der Waals surface area contributed by atoms with Crippen molar-refractivity contribution in [1.29, 1.82) is 0 Å². The Hall–Kier alpha value is -1.29. The molecule has 2 N–H and O–H groups in total. The number of likely N-dealkylation sites (N-methyl/N-ethyl adjacent to an activating group) is 1. The highest BCUT2D eigenvalue weighted by Gasteiger charge is 2.14. The van der Waals surface area contributed by atoms with E-state index in [4.69, 9.17) is 10.2 Å². The van der Waals surface area contributed by atoms with Gasteiger partial charge in [-0.15, -0.1) is 0 Å². The smallest absolute Gasteiger partial charge is 0.239 e. The summed E-state index contributed by atoms with van der Waals surface area (Å²) >= 11 is 0. The first-order chi connectivity index (χ1) is 6.52. The lowest BCUT2D eigenvalue weighted by Crippen LogP contribution is -2.39. The molecule has 0 saturated heterocycles. The van der Waals surface area contributed by atoms with Crippen molar-refractivity contribution in [2.45, 2.75) is 26.4 Å². The molecule has 1 heterocycles. The Morgan fingerprint density at radius 3 is 2.79 bits per heavy atom. The van der Waals surface area contributed by atoms with Crippen molar-refractivity contribution in [2.75, 3.05) is 7.05 Å². The quantitative estimate of drug-likeness (QED) is 0.781. The molecule has 0 spiro atoms. The van der Waals surface area contributed by atoms with Crippen molar-refractivity contribution in [3.05, 3.63) is 23.7 Å². The molecular weight excluding hydrogens is 180 g/mol. The van der Waals surface area contributed by atoms with Crippen LogP contribution in [0.25, 0.3) is 0 Å². The van der Waals surface area contributed by atoms with Crippen molar-refractivity contribution in [3.8, 4) is 0 Å². The predicted octanol–water partition coefficient (Wildman–Crippen LogP) is 0.894. The molecular formula is C10H16N2O2. The Labute approximate surface area is 83.7 Å². The topological polar surface area (TPSA) is 59.5 Å². The normalized spacial score (nSPS) is 12.6. The van der Waals surface area contributed by atoms with Crippen LogP contribution in [0.2, 0.25) is 0 Å². The van der Waals surface area contributed by atoms with Crippen LogP contribution in [0, 0.1) is 6.92 Å². The van der Waals surface area contributed by atoms with Crippen LogP contribution in [-0.4, -0.2) is 23.9 Å².